The number of halogens is 1. The summed E-state index contributed by atoms with van der Waals surface area (Å²) in [4.78, 5) is 23.6. The van der Waals surface area contributed by atoms with E-state index in [4.69, 9.17) is 0 Å². The molecule has 0 aromatic heterocycles. The highest BCUT2D eigenvalue weighted by atomic mass is 32.2. The van der Waals surface area contributed by atoms with Crippen LogP contribution in [0.2, 0.25) is 0 Å². The van der Waals surface area contributed by atoms with Crippen molar-refractivity contribution in [3.8, 4) is 0 Å². The number of thioether (sulfide) groups is 1. The summed E-state index contributed by atoms with van der Waals surface area (Å²) in [6.07, 6.45) is 0.702. The normalized spacial score (nSPS) is 16.0. The van der Waals surface area contributed by atoms with Gasteiger partial charge in [0.25, 0.3) is 5.69 Å². The fourth-order valence-electron chi connectivity index (χ4n) is 2.78. The quantitative estimate of drug-likeness (QED) is 0.627. The molecule has 0 saturated carbocycles. The Kier molecular flexibility index (Phi) is 4.89. The number of carbonyl (C=O) groups excluding carboxylic acids is 1. The van der Waals surface area contributed by atoms with Gasteiger partial charge in [0.2, 0.25) is 0 Å². The number of rotatable bonds is 3. The number of urea groups is 1. The average molecular weight is 361 g/mol. The summed E-state index contributed by atoms with van der Waals surface area (Å²) in [7, 11) is 0. The molecular formula is C17H16FN3O3S. The molecule has 0 bridgehead atoms. The number of nitro benzene ring substituents is 1. The number of anilines is 1. The minimum atomic E-state index is -0.468. The van der Waals surface area contributed by atoms with Gasteiger partial charge in [0.15, 0.2) is 0 Å². The van der Waals surface area contributed by atoms with E-state index >= 15 is 0 Å². The van der Waals surface area contributed by atoms with Crippen LogP contribution in [0.3, 0.4) is 0 Å². The van der Waals surface area contributed by atoms with Crippen LogP contribution in [0.4, 0.5) is 20.6 Å². The van der Waals surface area contributed by atoms with Gasteiger partial charge in [-0.2, -0.15) is 0 Å². The van der Waals surface area contributed by atoms with Crippen LogP contribution < -0.4 is 10.6 Å². The van der Waals surface area contributed by atoms with Crippen molar-refractivity contribution in [3.63, 3.8) is 0 Å². The van der Waals surface area contributed by atoms with Crippen LogP contribution in [0.15, 0.2) is 41.3 Å². The van der Waals surface area contributed by atoms with Crippen LogP contribution >= 0.6 is 11.8 Å². The second kappa shape index (κ2) is 7.10. The van der Waals surface area contributed by atoms with Gasteiger partial charge in [-0.3, -0.25) is 10.1 Å². The molecule has 2 amide bonds. The summed E-state index contributed by atoms with van der Waals surface area (Å²) in [6, 6.07) is 8.26. The first kappa shape index (κ1) is 17.2. The van der Waals surface area contributed by atoms with Gasteiger partial charge in [-0.25, -0.2) is 9.18 Å². The highest BCUT2D eigenvalue weighted by Crippen LogP contribution is 2.36. The van der Waals surface area contributed by atoms with Crippen molar-refractivity contribution in [1.29, 1.82) is 0 Å². The number of hydrogen-bond acceptors (Lipinski definition) is 4. The van der Waals surface area contributed by atoms with Gasteiger partial charge in [-0.15, -0.1) is 11.8 Å². The molecule has 1 aliphatic rings. The van der Waals surface area contributed by atoms with Gasteiger partial charge >= 0.3 is 6.03 Å². The SMILES string of the molecule is Cc1cc(NC(=O)NC2CCSc3ccc(F)cc32)ccc1[N+](=O)[O-]. The van der Waals surface area contributed by atoms with Crippen LogP contribution in [-0.4, -0.2) is 16.7 Å². The second-order valence-electron chi connectivity index (χ2n) is 5.73. The maximum atomic E-state index is 13.5. The summed E-state index contributed by atoms with van der Waals surface area (Å²) in [5.41, 5.74) is 1.69. The molecule has 2 aromatic rings. The minimum Gasteiger partial charge on any atom is -0.331 e. The van der Waals surface area contributed by atoms with E-state index in [-0.39, 0.29) is 17.5 Å². The number of benzene rings is 2. The number of aryl methyl sites for hydroxylation is 1. The predicted octanol–water partition coefficient (Wildman–Crippen LogP) is 4.40. The van der Waals surface area contributed by atoms with E-state index in [1.807, 2.05) is 0 Å². The van der Waals surface area contributed by atoms with Crippen molar-refractivity contribution in [2.24, 2.45) is 0 Å². The fourth-order valence-corrected chi connectivity index (χ4v) is 3.88. The number of nitrogens with one attached hydrogen (secondary N) is 2. The highest BCUT2D eigenvalue weighted by Gasteiger charge is 2.23. The molecule has 25 heavy (non-hydrogen) atoms. The maximum Gasteiger partial charge on any atom is 0.319 e. The number of carbonyl (C=O) groups is 1. The van der Waals surface area contributed by atoms with Crippen LogP contribution in [0.25, 0.3) is 0 Å². The monoisotopic (exact) mass is 361 g/mol. The number of nitrogens with zero attached hydrogens (tertiary/aromatic N) is 1. The van der Waals surface area contributed by atoms with Gasteiger partial charge in [-0.1, -0.05) is 0 Å². The van der Waals surface area contributed by atoms with E-state index < -0.39 is 11.0 Å². The van der Waals surface area contributed by atoms with E-state index in [9.17, 15) is 19.3 Å². The van der Waals surface area contributed by atoms with Crippen molar-refractivity contribution in [2.45, 2.75) is 24.3 Å². The number of amides is 2. The lowest BCUT2D eigenvalue weighted by molar-refractivity contribution is -0.385. The molecule has 0 aliphatic carbocycles. The maximum absolute atomic E-state index is 13.5. The smallest absolute Gasteiger partial charge is 0.319 e. The molecule has 2 N–H and O–H groups in total. The Morgan fingerprint density at radius 2 is 2.12 bits per heavy atom. The number of fused-ring (bicyclic) bond motifs is 1. The minimum absolute atomic E-state index is 0.000309. The highest BCUT2D eigenvalue weighted by molar-refractivity contribution is 7.99. The van der Waals surface area contributed by atoms with Crippen molar-refractivity contribution in [2.75, 3.05) is 11.1 Å². The molecule has 130 valence electrons. The summed E-state index contributed by atoms with van der Waals surface area (Å²) in [5, 5.41) is 16.3. The molecule has 0 radical (unpaired) electrons. The Labute approximate surface area is 148 Å². The molecule has 6 nitrogen and oxygen atoms in total. The molecule has 2 aromatic carbocycles. The molecule has 1 atom stereocenters. The van der Waals surface area contributed by atoms with Crippen molar-refractivity contribution in [3.05, 3.63) is 63.5 Å². The zero-order chi connectivity index (χ0) is 18.0. The standard InChI is InChI=1S/C17H16FN3O3S/c1-10-8-12(3-4-15(10)21(23)24)19-17(22)20-14-6-7-25-16-5-2-11(18)9-13(14)16/h2-5,8-9,14H,6-7H2,1H3,(H2,19,20,22). The van der Waals surface area contributed by atoms with Gasteiger partial charge in [0.1, 0.15) is 5.82 Å². The Hall–Kier alpha value is -2.61. The van der Waals surface area contributed by atoms with Gasteiger partial charge in [0, 0.05) is 28.0 Å². The van der Waals surface area contributed by atoms with Crippen molar-refractivity contribution in [1.82, 2.24) is 5.32 Å². The lowest BCUT2D eigenvalue weighted by atomic mass is 10.0. The molecule has 0 fully saturated rings. The average Bonchev–Trinajstić information content (AvgIpc) is 2.55. The first-order valence-electron chi connectivity index (χ1n) is 7.69. The molecule has 0 saturated heterocycles. The molecule has 0 spiro atoms. The summed E-state index contributed by atoms with van der Waals surface area (Å²) < 4.78 is 13.5. The fraction of sp³-hybridized carbons (Fsp3) is 0.235. The van der Waals surface area contributed by atoms with Crippen molar-refractivity contribution >= 4 is 29.2 Å². The molecule has 1 heterocycles. The Balaban J connectivity index is 1.71. The molecular weight excluding hydrogens is 345 g/mol. The number of hydrogen-bond donors (Lipinski definition) is 2. The van der Waals surface area contributed by atoms with E-state index in [2.05, 4.69) is 10.6 Å². The third-order valence-electron chi connectivity index (χ3n) is 3.97. The zero-order valence-corrected chi connectivity index (χ0v) is 14.2. The van der Waals surface area contributed by atoms with Crippen LogP contribution in [0.5, 0.6) is 0 Å². The van der Waals surface area contributed by atoms with E-state index in [0.717, 1.165) is 16.2 Å². The lowest BCUT2D eigenvalue weighted by Crippen LogP contribution is -2.34. The first-order chi connectivity index (χ1) is 11.9. The number of nitro groups is 1. The third-order valence-corrected chi connectivity index (χ3v) is 5.09. The van der Waals surface area contributed by atoms with Crippen LogP contribution in [-0.2, 0) is 0 Å². The van der Waals surface area contributed by atoms with Gasteiger partial charge in [-0.05, 0) is 49.2 Å². The zero-order valence-electron chi connectivity index (χ0n) is 13.4. The lowest BCUT2D eigenvalue weighted by Gasteiger charge is -2.26. The van der Waals surface area contributed by atoms with Gasteiger partial charge < -0.3 is 10.6 Å². The Morgan fingerprint density at radius 3 is 2.84 bits per heavy atom. The molecule has 1 aliphatic heterocycles. The molecule has 1 unspecified atom stereocenters. The second-order valence-corrected chi connectivity index (χ2v) is 6.87. The topological polar surface area (TPSA) is 84.3 Å². The largest absolute Gasteiger partial charge is 0.331 e. The molecule has 8 heteroatoms. The van der Waals surface area contributed by atoms with Gasteiger partial charge in [0.05, 0.1) is 11.0 Å². The summed E-state index contributed by atoms with van der Waals surface area (Å²) in [5.74, 6) is 0.500. The van der Waals surface area contributed by atoms with Crippen molar-refractivity contribution < 1.29 is 14.1 Å². The predicted molar refractivity (Wildman–Crippen MR) is 94.5 cm³/mol. The summed E-state index contributed by atoms with van der Waals surface area (Å²) >= 11 is 1.64. The Bertz CT molecular complexity index is 844. The van der Waals surface area contributed by atoms with Crippen LogP contribution in [0, 0.1) is 22.9 Å². The van der Waals surface area contributed by atoms with E-state index in [0.29, 0.717) is 17.7 Å². The van der Waals surface area contributed by atoms with E-state index in [1.165, 1.54) is 24.3 Å². The first-order valence-corrected chi connectivity index (χ1v) is 8.67. The third kappa shape index (κ3) is 3.90. The van der Waals surface area contributed by atoms with Crippen LogP contribution in [0.1, 0.15) is 23.6 Å². The summed E-state index contributed by atoms with van der Waals surface area (Å²) in [6.45, 7) is 1.61. The molecule has 3 rings (SSSR count). The Morgan fingerprint density at radius 1 is 1.32 bits per heavy atom. The van der Waals surface area contributed by atoms with E-state index in [1.54, 1.807) is 30.8 Å².